The summed E-state index contributed by atoms with van der Waals surface area (Å²) in [6, 6.07) is 8.38. The molecule has 0 spiro atoms. The largest absolute Gasteiger partial charge is 0.477 e. The van der Waals surface area contributed by atoms with Crippen LogP contribution in [0.15, 0.2) is 53.9 Å². The van der Waals surface area contributed by atoms with Crippen LogP contribution in [0, 0.1) is 0 Å². The lowest BCUT2D eigenvalue weighted by Gasteiger charge is -2.29. The van der Waals surface area contributed by atoms with Crippen LogP contribution in [-0.4, -0.2) is 42.8 Å². The first-order valence-corrected chi connectivity index (χ1v) is 10.3. The zero-order valence-corrected chi connectivity index (χ0v) is 18.3. The van der Waals surface area contributed by atoms with E-state index in [1.807, 2.05) is 0 Å². The van der Waals surface area contributed by atoms with Gasteiger partial charge in [-0.2, -0.15) is 0 Å². The fraction of sp³-hybridized carbons (Fsp3) is 0.273. The average Bonchev–Trinajstić information content (AvgIpc) is 2.78. The highest BCUT2D eigenvalue weighted by atomic mass is 35.5. The first-order valence-electron chi connectivity index (χ1n) is 9.92. The molecule has 2 amide bonds. The van der Waals surface area contributed by atoms with Crippen molar-refractivity contribution in [2.45, 2.75) is 19.9 Å². The third kappa shape index (κ3) is 5.36. The topological polar surface area (TPSA) is 116 Å². The highest BCUT2D eigenvalue weighted by molar-refractivity contribution is 6.30. The molecule has 0 aliphatic carbocycles. The van der Waals surface area contributed by atoms with Crippen molar-refractivity contribution < 1.29 is 28.6 Å². The molecular weight excluding hydrogens is 438 g/mol. The molecule has 32 heavy (non-hydrogen) atoms. The molecule has 0 saturated carbocycles. The predicted octanol–water partition coefficient (Wildman–Crippen LogP) is 3.16. The lowest BCUT2D eigenvalue weighted by Crippen LogP contribution is -2.47. The average molecular weight is 460 g/mol. The molecule has 9 nitrogen and oxygen atoms in total. The number of rotatable bonds is 8. The number of ether oxygens (including phenoxy) is 3. The van der Waals surface area contributed by atoms with Gasteiger partial charge in [0, 0.05) is 11.2 Å². The zero-order valence-electron chi connectivity index (χ0n) is 17.5. The van der Waals surface area contributed by atoms with Gasteiger partial charge < -0.3 is 24.8 Å². The van der Waals surface area contributed by atoms with Crippen molar-refractivity contribution in [1.29, 1.82) is 0 Å². The molecule has 0 unspecified atom stereocenters. The van der Waals surface area contributed by atoms with Gasteiger partial charge in [0.2, 0.25) is 5.88 Å². The smallest absolute Gasteiger partial charge is 0.344 e. The lowest BCUT2D eigenvalue weighted by atomic mass is 9.95. The highest BCUT2D eigenvalue weighted by Gasteiger charge is 2.34. The van der Waals surface area contributed by atoms with Crippen LogP contribution in [-0.2, 0) is 14.3 Å². The summed E-state index contributed by atoms with van der Waals surface area (Å²) in [5.74, 6) is -1.23. The van der Waals surface area contributed by atoms with E-state index in [1.165, 1.54) is 12.3 Å². The number of benzene rings is 1. The van der Waals surface area contributed by atoms with Gasteiger partial charge in [0.25, 0.3) is 0 Å². The summed E-state index contributed by atoms with van der Waals surface area (Å²) in [5.41, 5.74) is 0.976. The number of amides is 2. The van der Waals surface area contributed by atoms with E-state index in [0.29, 0.717) is 17.2 Å². The molecular formula is C22H22ClN3O6. The normalized spacial score (nSPS) is 15.5. The molecule has 10 heteroatoms. The number of pyridine rings is 1. The molecule has 0 bridgehead atoms. The van der Waals surface area contributed by atoms with Crippen LogP contribution < -0.4 is 15.4 Å². The third-order valence-corrected chi connectivity index (χ3v) is 4.72. The van der Waals surface area contributed by atoms with E-state index in [2.05, 4.69) is 15.6 Å². The van der Waals surface area contributed by atoms with Crippen LogP contribution in [0.5, 0.6) is 5.88 Å². The van der Waals surface area contributed by atoms with Gasteiger partial charge in [-0.15, -0.1) is 0 Å². The van der Waals surface area contributed by atoms with E-state index in [-0.39, 0.29) is 35.9 Å². The van der Waals surface area contributed by atoms with Crippen molar-refractivity contribution in [3.8, 4) is 5.88 Å². The standard InChI is InChI=1S/C22H22ClN3O6/c1-3-30-19-15(6-5-11-24-19)20(27)32-12-16-17(21(28)31-4-2)18(26-22(29)25-16)13-7-9-14(23)10-8-13/h5-11,18H,3-4,12H2,1-2H3,(H2,25,26,29)/t18-/m0/s1. The molecule has 1 aliphatic heterocycles. The van der Waals surface area contributed by atoms with Gasteiger partial charge in [-0.3, -0.25) is 0 Å². The summed E-state index contributed by atoms with van der Waals surface area (Å²) < 4.78 is 15.9. The van der Waals surface area contributed by atoms with Gasteiger partial charge in [0.1, 0.15) is 12.2 Å². The van der Waals surface area contributed by atoms with Gasteiger partial charge in [0.05, 0.1) is 30.5 Å². The van der Waals surface area contributed by atoms with Crippen LogP contribution in [0.2, 0.25) is 5.02 Å². The van der Waals surface area contributed by atoms with E-state index in [1.54, 1.807) is 44.2 Å². The number of carbonyl (C=O) groups is 3. The number of carbonyl (C=O) groups excluding carboxylic acids is 3. The Bertz CT molecular complexity index is 1040. The van der Waals surface area contributed by atoms with E-state index < -0.39 is 24.0 Å². The van der Waals surface area contributed by atoms with Crippen molar-refractivity contribution in [1.82, 2.24) is 15.6 Å². The lowest BCUT2D eigenvalue weighted by molar-refractivity contribution is -0.139. The summed E-state index contributed by atoms with van der Waals surface area (Å²) in [6.07, 6.45) is 1.49. The fourth-order valence-corrected chi connectivity index (χ4v) is 3.23. The maximum absolute atomic E-state index is 12.8. The minimum Gasteiger partial charge on any atom is -0.477 e. The molecule has 1 aromatic heterocycles. The molecule has 2 heterocycles. The summed E-state index contributed by atoms with van der Waals surface area (Å²) in [4.78, 5) is 41.7. The maximum atomic E-state index is 12.8. The SMILES string of the molecule is CCOC(=O)C1=C(COC(=O)c2cccnc2OCC)NC(=O)N[C@H]1c1ccc(Cl)cc1. The summed E-state index contributed by atoms with van der Waals surface area (Å²) in [5, 5.41) is 5.74. The number of hydrogen-bond donors (Lipinski definition) is 2. The van der Waals surface area contributed by atoms with Crippen LogP contribution in [0.4, 0.5) is 4.79 Å². The Morgan fingerprint density at radius 3 is 2.50 bits per heavy atom. The van der Waals surface area contributed by atoms with E-state index in [4.69, 9.17) is 25.8 Å². The van der Waals surface area contributed by atoms with Crippen molar-refractivity contribution in [3.05, 3.63) is 70.0 Å². The Morgan fingerprint density at radius 1 is 1.06 bits per heavy atom. The number of hydrogen-bond acceptors (Lipinski definition) is 7. The number of nitrogens with one attached hydrogen (secondary N) is 2. The zero-order chi connectivity index (χ0) is 23.1. The quantitative estimate of drug-likeness (QED) is 0.582. The van der Waals surface area contributed by atoms with Crippen LogP contribution in [0.25, 0.3) is 0 Å². The molecule has 3 rings (SSSR count). The van der Waals surface area contributed by atoms with Gasteiger partial charge in [-0.1, -0.05) is 23.7 Å². The minimum atomic E-state index is -0.814. The Kier molecular flexibility index (Phi) is 7.67. The maximum Gasteiger partial charge on any atom is 0.344 e. The number of aromatic nitrogens is 1. The van der Waals surface area contributed by atoms with Crippen LogP contribution >= 0.6 is 11.6 Å². The number of halogens is 1. The molecule has 2 N–H and O–H groups in total. The summed E-state index contributed by atoms with van der Waals surface area (Å²) >= 11 is 5.96. The van der Waals surface area contributed by atoms with Crippen molar-refractivity contribution >= 4 is 29.6 Å². The summed E-state index contributed by atoms with van der Waals surface area (Å²) in [7, 11) is 0. The molecule has 1 aromatic carbocycles. The second-order valence-corrected chi connectivity index (χ2v) is 7.00. The van der Waals surface area contributed by atoms with Gasteiger partial charge >= 0.3 is 18.0 Å². The van der Waals surface area contributed by atoms with Crippen LogP contribution in [0.1, 0.15) is 35.8 Å². The highest BCUT2D eigenvalue weighted by Crippen LogP contribution is 2.29. The Labute approximate surface area is 189 Å². The number of nitrogens with zero attached hydrogens (tertiary/aromatic N) is 1. The Balaban J connectivity index is 1.92. The second kappa shape index (κ2) is 10.6. The molecule has 2 aromatic rings. The minimum absolute atomic E-state index is 0.113. The van der Waals surface area contributed by atoms with Crippen molar-refractivity contribution in [3.63, 3.8) is 0 Å². The number of esters is 2. The first kappa shape index (κ1) is 23.1. The third-order valence-electron chi connectivity index (χ3n) is 4.47. The molecule has 168 valence electrons. The molecule has 0 saturated heterocycles. The molecule has 0 radical (unpaired) electrons. The van der Waals surface area contributed by atoms with E-state index in [9.17, 15) is 14.4 Å². The van der Waals surface area contributed by atoms with Crippen molar-refractivity contribution in [2.24, 2.45) is 0 Å². The fourth-order valence-electron chi connectivity index (χ4n) is 3.10. The monoisotopic (exact) mass is 459 g/mol. The predicted molar refractivity (Wildman–Crippen MR) is 115 cm³/mol. The second-order valence-electron chi connectivity index (χ2n) is 6.56. The van der Waals surface area contributed by atoms with Gasteiger partial charge in [0.15, 0.2) is 0 Å². The molecule has 1 atom stereocenters. The van der Waals surface area contributed by atoms with E-state index in [0.717, 1.165) is 0 Å². The molecule has 1 aliphatic rings. The Morgan fingerprint density at radius 2 is 1.81 bits per heavy atom. The van der Waals surface area contributed by atoms with Gasteiger partial charge in [-0.25, -0.2) is 19.4 Å². The number of urea groups is 1. The van der Waals surface area contributed by atoms with E-state index >= 15 is 0 Å². The first-order chi connectivity index (χ1) is 15.4. The van der Waals surface area contributed by atoms with Gasteiger partial charge in [-0.05, 0) is 43.7 Å². The van der Waals surface area contributed by atoms with Crippen molar-refractivity contribution in [2.75, 3.05) is 19.8 Å². The Hall–Kier alpha value is -3.59. The molecule has 0 fully saturated rings. The summed E-state index contributed by atoms with van der Waals surface area (Å²) in [6.45, 7) is 3.51. The van der Waals surface area contributed by atoms with Crippen LogP contribution in [0.3, 0.4) is 0 Å².